The molecule has 4 nitrogen and oxygen atoms in total. The predicted molar refractivity (Wildman–Crippen MR) is 74.8 cm³/mol. The Morgan fingerprint density at radius 3 is 2.56 bits per heavy atom. The quantitative estimate of drug-likeness (QED) is 0.873. The van der Waals surface area contributed by atoms with E-state index >= 15 is 0 Å². The molecule has 0 fully saturated rings. The molecule has 0 atom stereocenters. The Morgan fingerprint density at radius 1 is 1.39 bits per heavy atom. The number of hydrogen-bond donors (Lipinski definition) is 2. The molecule has 0 bridgehead atoms. The molecule has 0 spiro atoms. The van der Waals surface area contributed by atoms with Crippen molar-refractivity contribution in [2.45, 2.75) is 26.2 Å². The van der Waals surface area contributed by atoms with Crippen molar-refractivity contribution in [2.24, 2.45) is 0 Å². The lowest BCUT2D eigenvalue weighted by Gasteiger charge is -2.13. The summed E-state index contributed by atoms with van der Waals surface area (Å²) in [6.45, 7) is 6.30. The normalized spacial score (nSPS) is 11.8. The summed E-state index contributed by atoms with van der Waals surface area (Å²) < 4.78 is 0.907. The standard InChI is InChI=1S/C13H16N2O2S/c1-13(2,3)12-15-10-8(14-4)5-7(11(16)17)6-9(10)18-12/h5-6,14H,1-4H3,(H,16,17). The number of carboxylic acid groups (broad SMARTS) is 1. The molecule has 1 aromatic carbocycles. The first kappa shape index (κ1) is 12.8. The molecule has 2 N–H and O–H groups in total. The molecule has 0 amide bonds. The van der Waals surface area contributed by atoms with Gasteiger partial charge in [-0.2, -0.15) is 0 Å². The Kier molecular flexibility index (Phi) is 3.02. The van der Waals surface area contributed by atoms with Gasteiger partial charge in [0.2, 0.25) is 0 Å². The zero-order valence-corrected chi connectivity index (χ0v) is 11.7. The van der Waals surface area contributed by atoms with Gasteiger partial charge >= 0.3 is 5.97 Å². The minimum absolute atomic E-state index is 0.0297. The molecule has 0 saturated heterocycles. The van der Waals surface area contributed by atoms with Crippen molar-refractivity contribution in [3.63, 3.8) is 0 Å². The number of carbonyl (C=O) groups is 1. The van der Waals surface area contributed by atoms with Gasteiger partial charge in [0.1, 0.15) is 5.52 Å². The second kappa shape index (κ2) is 4.24. The molecule has 0 unspecified atom stereocenters. The summed E-state index contributed by atoms with van der Waals surface area (Å²) in [6, 6.07) is 3.31. The average molecular weight is 264 g/mol. The Balaban J connectivity index is 2.71. The first-order valence-corrected chi connectivity index (χ1v) is 6.50. The van der Waals surface area contributed by atoms with E-state index in [-0.39, 0.29) is 11.0 Å². The molecule has 0 aliphatic rings. The fourth-order valence-electron chi connectivity index (χ4n) is 1.66. The van der Waals surface area contributed by atoms with Crippen LogP contribution < -0.4 is 5.32 Å². The lowest BCUT2D eigenvalue weighted by atomic mass is 9.98. The lowest BCUT2D eigenvalue weighted by molar-refractivity contribution is 0.0697. The maximum Gasteiger partial charge on any atom is 0.335 e. The monoisotopic (exact) mass is 264 g/mol. The Hall–Kier alpha value is -1.62. The molecule has 0 aliphatic heterocycles. The van der Waals surface area contributed by atoms with E-state index in [2.05, 4.69) is 31.1 Å². The molecule has 18 heavy (non-hydrogen) atoms. The number of hydrogen-bond acceptors (Lipinski definition) is 4. The van der Waals surface area contributed by atoms with Crippen LogP contribution in [0.25, 0.3) is 10.2 Å². The van der Waals surface area contributed by atoms with Gasteiger partial charge in [-0.05, 0) is 12.1 Å². The summed E-state index contributed by atoms with van der Waals surface area (Å²) in [5.74, 6) is -0.917. The number of anilines is 1. The second-order valence-electron chi connectivity index (χ2n) is 5.19. The van der Waals surface area contributed by atoms with Crippen LogP contribution >= 0.6 is 11.3 Å². The number of nitrogens with zero attached hydrogens (tertiary/aromatic N) is 1. The van der Waals surface area contributed by atoms with Crippen LogP contribution in [0.4, 0.5) is 5.69 Å². The summed E-state index contributed by atoms with van der Waals surface area (Å²) >= 11 is 1.55. The zero-order chi connectivity index (χ0) is 13.5. The molecule has 5 heteroatoms. The summed E-state index contributed by atoms with van der Waals surface area (Å²) in [5.41, 5.74) is 1.86. The first-order chi connectivity index (χ1) is 8.32. The van der Waals surface area contributed by atoms with Crippen molar-refractivity contribution in [3.05, 3.63) is 22.7 Å². The number of benzene rings is 1. The van der Waals surface area contributed by atoms with Crippen molar-refractivity contribution >= 4 is 33.2 Å². The van der Waals surface area contributed by atoms with Crippen molar-refractivity contribution in [3.8, 4) is 0 Å². The summed E-state index contributed by atoms with van der Waals surface area (Å²) in [4.78, 5) is 15.7. The number of nitrogens with one attached hydrogen (secondary N) is 1. The second-order valence-corrected chi connectivity index (χ2v) is 6.23. The van der Waals surface area contributed by atoms with Crippen molar-refractivity contribution in [1.29, 1.82) is 0 Å². The van der Waals surface area contributed by atoms with Crippen molar-refractivity contribution in [2.75, 3.05) is 12.4 Å². The predicted octanol–water partition coefficient (Wildman–Crippen LogP) is 3.33. The van der Waals surface area contributed by atoms with Crippen LogP contribution in [0.5, 0.6) is 0 Å². The van der Waals surface area contributed by atoms with E-state index in [1.165, 1.54) is 0 Å². The summed E-state index contributed by atoms with van der Waals surface area (Å²) in [5, 5.41) is 13.1. The van der Waals surface area contributed by atoms with Gasteiger partial charge in [0.25, 0.3) is 0 Å². The highest BCUT2D eigenvalue weighted by molar-refractivity contribution is 7.18. The van der Waals surface area contributed by atoms with Crippen LogP contribution in [0, 0.1) is 0 Å². The van der Waals surface area contributed by atoms with Crippen LogP contribution in [0.1, 0.15) is 36.1 Å². The summed E-state index contributed by atoms with van der Waals surface area (Å²) in [6.07, 6.45) is 0. The van der Waals surface area contributed by atoms with E-state index in [1.807, 2.05) is 0 Å². The molecular weight excluding hydrogens is 248 g/mol. The fourth-order valence-corrected chi connectivity index (χ4v) is 2.75. The zero-order valence-electron chi connectivity index (χ0n) is 10.9. The molecule has 2 aromatic rings. The van der Waals surface area contributed by atoms with Crippen molar-refractivity contribution in [1.82, 2.24) is 4.98 Å². The minimum Gasteiger partial charge on any atom is -0.478 e. The van der Waals surface area contributed by atoms with E-state index in [4.69, 9.17) is 5.11 Å². The third-order valence-electron chi connectivity index (χ3n) is 2.65. The highest BCUT2D eigenvalue weighted by atomic mass is 32.1. The molecule has 0 saturated carbocycles. The van der Waals surface area contributed by atoms with Gasteiger partial charge in [-0.3, -0.25) is 0 Å². The maximum atomic E-state index is 11.1. The van der Waals surface area contributed by atoms with E-state index in [0.717, 1.165) is 20.9 Å². The first-order valence-electron chi connectivity index (χ1n) is 5.69. The average Bonchev–Trinajstić information content (AvgIpc) is 2.70. The van der Waals surface area contributed by atoms with Gasteiger partial charge in [0.15, 0.2) is 0 Å². The largest absolute Gasteiger partial charge is 0.478 e. The van der Waals surface area contributed by atoms with E-state index in [0.29, 0.717) is 0 Å². The highest BCUT2D eigenvalue weighted by Crippen LogP contribution is 2.35. The minimum atomic E-state index is -0.917. The fraction of sp³-hybridized carbons (Fsp3) is 0.385. The SMILES string of the molecule is CNc1cc(C(=O)O)cc2sc(C(C)(C)C)nc12. The molecule has 1 aromatic heterocycles. The van der Waals surface area contributed by atoms with Crippen LogP contribution in [0.15, 0.2) is 12.1 Å². The number of fused-ring (bicyclic) bond motifs is 1. The number of thiazole rings is 1. The Bertz CT molecular complexity index is 611. The van der Waals surface area contributed by atoms with Crippen LogP contribution in [-0.4, -0.2) is 23.1 Å². The molecule has 96 valence electrons. The van der Waals surface area contributed by atoms with Gasteiger partial charge in [-0.1, -0.05) is 20.8 Å². The third-order valence-corrected chi connectivity index (χ3v) is 4.08. The molecular formula is C13H16N2O2S. The molecule has 2 rings (SSSR count). The Morgan fingerprint density at radius 2 is 2.06 bits per heavy atom. The molecule has 0 radical (unpaired) electrons. The number of rotatable bonds is 2. The van der Waals surface area contributed by atoms with Crippen molar-refractivity contribution < 1.29 is 9.90 Å². The topological polar surface area (TPSA) is 62.2 Å². The van der Waals surface area contributed by atoms with E-state index in [1.54, 1.807) is 30.5 Å². The highest BCUT2D eigenvalue weighted by Gasteiger charge is 2.20. The van der Waals surface area contributed by atoms with Crippen LogP contribution in [0.3, 0.4) is 0 Å². The maximum absolute atomic E-state index is 11.1. The van der Waals surface area contributed by atoms with E-state index in [9.17, 15) is 4.79 Å². The Labute approximate surface area is 110 Å². The van der Waals surface area contributed by atoms with Gasteiger partial charge in [-0.15, -0.1) is 11.3 Å². The van der Waals surface area contributed by atoms with Crippen LogP contribution in [0.2, 0.25) is 0 Å². The smallest absolute Gasteiger partial charge is 0.335 e. The van der Waals surface area contributed by atoms with Gasteiger partial charge in [0.05, 0.1) is 21.0 Å². The van der Waals surface area contributed by atoms with Gasteiger partial charge in [-0.25, -0.2) is 9.78 Å². The van der Waals surface area contributed by atoms with Crippen LogP contribution in [-0.2, 0) is 5.41 Å². The summed E-state index contributed by atoms with van der Waals surface area (Å²) in [7, 11) is 1.77. The number of aromatic nitrogens is 1. The molecule has 1 heterocycles. The number of carboxylic acids is 1. The van der Waals surface area contributed by atoms with Gasteiger partial charge < -0.3 is 10.4 Å². The third kappa shape index (κ3) is 2.18. The number of aromatic carboxylic acids is 1. The van der Waals surface area contributed by atoms with E-state index < -0.39 is 5.97 Å². The molecule has 0 aliphatic carbocycles. The lowest BCUT2D eigenvalue weighted by Crippen LogP contribution is -2.10. The van der Waals surface area contributed by atoms with Gasteiger partial charge in [0, 0.05) is 12.5 Å².